The number of hydrogen-bond acceptors (Lipinski definition) is 3. The van der Waals surface area contributed by atoms with Crippen LogP contribution in [-0.4, -0.2) is 32.0 Å². The fourth-order valence-corrected chi connectivity index (χ4v) is 5.33. The molecule has 1 amide bonds. The lowest BCUT2D eigenvalue weighted by atomic mass is 10.0. The largest absolute Gasteiger partial charge is 0.352 e. The number of carbonyl (C=O) groups is 1. The van der Waals surface area contributed by atoms with Crippen LogP contribution in [-0.2, 0) is 4.79 Å². The number of aromatic nitrogens is 2. The summed E-state index contributed by atoms with van der Waals surface area (Å²) in [7, 11) is 0. The second-order valence-electron chi connectivity index (χ2n) is 8.50. The average molecular weight is 554 g/mol. The molecule has 188 valence electrons. The molecule has 1 aliphatic heterocycles. The number of para-hydroxylation sites is 1. The number of halogens is 3. The zero-order valence-corrected chi connectivity index (χ0v) is 21.8. The molecular formula is C27H22Cl2FN5OS. The Kier molecular flexibility index (Phi) is 7.41. The predicted molar refractivity (Wildman–Crippen MR) is 148 cm³/mol. The second-order valence-corrected chi connectivity index (χ2v) is 9.73. The minimum atomic E-state index is -0.486. The van der Waals surface area contributed by atoms with Gasteiger partial charge in [-0.25, -0.2) is 4.39 Å². The third-order valence-corrected chi connectivity index (χ3v) is 7.07. The topological polar surface area (TPSA) is 62.2 Å². The molecule has 2 unspecified atom stereocenters. The lowest BCUT2D eigenvalue weighted by Crippen LogP contribution is -2.33. The van der Waals surface area contributed by atoms with Crippen molar-refractivity contribution in [3.05, 3.63) is 112 Å². The summed E-state index contributed by atoms with van der Waals surface area (Å²) in [4.78, 5) is 19.2. The summed E-state index contributed by atoms with van der Waals surface area (Å²) in [5, 5.41) is 7.56. The van der Waals surface area contributed by atoms with E-state index in [9.17, 15) is 9.18 Å². The Bertz CT molecular complexity index is 1450. The van der Waals surface area contributed by atoms with Crippen molar-refractivity contribution >= 4 is 52.1 Å². The Labute approximate surface area is 229 Å². The first-order valence-corrected chi connectivity index (χ1v) is 12.7. The van der Waals surface area contributed by atoms with Crippen LogP contribution in [0.25, 0.3) is 5.69 Å². The fraction of sp³-hybridized carbons (Fsp3) is 0.148. The van der Waals surface area contributed by atoms with Gasteiger partial charge in [-0.1, -0.05) is 41.4 Å². The van der Waals surface area contributed by atoms with Gasteiger partial charge >= 0.3 is 0 Å². The van der Waals surface area contributed by atoms with E-state index in [0.717, 1.165) is 17.1 Å². The molecule has 5 rings (SSSR count). The van der Waals surface area contributed by atoms with Crippen LogP contribution in [0.3, 0.4) is 0 Å². The maximum Gasteiger partial charge on any atom is 0.226 e. The van der Waals surface area contributed by atoms with Crippen molar-refractivity contribution in [2.24, 2.45) is 0 Å². The fourth-order valence-electron chi connectivity index (χ4n) is 4.50. The standard InChI is InChI=1S/C27H22Cl2FN5OS/c28-17-10-11-22(18(29)16-17)34-14-5-9-23(34)26-25(21-8-3-4-13-31-21)33-27(37)35(26)15-12-24(36)32-20-7-2-1-6-19(20)30/h1-11,13-14,16,25-26H,12,15H2,(H,32,36)(H,33,37). The van der Waals surface area contributed by atoms with Crippen LogP contribution < -0.4 is 10.6 Å². The van der Waals surface area contributed by atoms with Crippen molar-refractivity contribution in [3.8, 4) is 5.69 Å². The summed E-state index contributed by atoms with van der Waals surface area (Å²) in [5.41, 5.74) is 2.62. The number of benzene rings is 2. The van der Waals surface area contributed by atoms with Crippen LogP contribution in [0.2, 0.25) is 10.0 Å². The predicted octanol–water partition coefficient (Wildman–Crippen LogP) is 6.32. The van der Waals surface area contributed by atoms with Crippen molar-refractivity contribution in [3.63, 3.8) is 0 Å². The highest BCUT2D eigenvalue weighted by Gasteiger charge is 2.41. The van der Waals surface area contributed by atoms with Crippen molar-refractivity contribution < 1.29 is 9.18 Å². The highest BCUT2D eigenvalue weighted by atomic mass is 35.5. The molecule has 0 radical (unpaired) electrons. The van der Waals surface area contributed by atoms with Crippen LogP contribution in [0.15, 0.2) is 85.2 Å². The van der Waals surface area contributed by atoms with Gasteiger partial charge in [0.15, 0.2) is 5.11 Å². The molecule has 3 heterocycles. The summed E-state index contributed by atoms with van der Waals surface area (Å²) in [6, 6.07) is 20.5. The maximum atomic E-state index is 14.0. The molecule has 1 saturated heterocycles. The average Bonchev–Trinajstić information content (AvgIpc) is 3.48. The first kappa shape index (κ1) is 25.2. The van der Waals surface area contributed by atoms with Crippen molar-refractivity contribution in [2.45, 2.75) is 18.5 Å². The van der Waals surface area contributed by atoms with Gasteiger partial charge in [-0.05, 0) is 66.8 Å². The number of anilines is 1. The number of carbonyl (C=O) groups excluding carboxylic acids is 1. The zero-order valence-electron chi connectivity index (χ0n) is 19.4. The summed E-state index contributed by atoms with van der Waals surface area (Å²) >= 11 is 18.4. The lowest BCUT2D eigenvalue weighted by molar-refractivity contribution is -0.116. The normalized spacial score (nSPS) is 17.1. The van der Waals surface area contributed by atoms with E-state index in [1.54, 1.807) is 30.5 Å². The number of thiocarbonyl (C=S) groups is 1. The second kappa shape index (κ2) is 10.9. The molecule has 37 heavy (non-hydrogen) atoms. The van der Waals surface area contributed by atoms with E-state index in [0.29, 0.717) is 21.7 Å². The Hall–Kier alpha value is -3.46. The van der Waals surface area contributed by atoms with Gasteiger partial charge in [0.25, 0.3) is 0 Å². The maximum absolute atomic E-state index is 14.0. The van der Waals surface area contributed by atoms with Crippen molar-refractivity contribution in [1.82, 2.24) is 19.8 Å². The molecule has 10 heteroatoms. The first-order chi connectivity index (χ1) is 17.9. The van der Waals surface area contributed by atoms with Crippen molar-refractivity contribution in [1.29, 1.82) is 0 Å². The minimum absolute atomic E-state index is 0.101. The van der Waals surface area contributed by atoms with Crippen LogP contribution in [0.5, 0.6) is 0 Å². The molecule has 4 aromatic rings. The third kappa shape index (κ3) is 5.32. The van der Waals surface area contributed by atoms with E-state index in [-0.39, 0.29) is 30.1 Å². The van der Waals surface area contributed by atoms with Crippen molar-refractivity contribution in [2.75, 3.05) is 11.9 Å². The quantitative estimate of drug-likeness (QED) is 0.262. The van der Waals surface area contributed by atoms with Gasteiger partial charge in [0.2, 0.25) is 5.91 Å². The van der Waals surface area contributed by atoms with Gasteiger partial charge in [0.05, 0.1) is 34.2 Å². The van der Waals surface area contributed by atoms with E-state index in [4.69, 9.17) is 35.4 Å². The molecule has 6 nitrogen and oxygen atoms in total. The van der Waals surface area contributed by atoms with E-state index in [1.807, 2.05) is 52.1 Å². The summed E-state index contributed by atoms with van der Waals surface area (Å²) in [6.07, 6.45) is 3.76. The van der Waals surface area contributed by atoms with Gasteiger partial charge in [-0.15, -0.1) is 0 Å². The SMILES string of the molecule is O=C(CCN1C(=S)NC(c2ccccn2)C1c1cccn1-c1ccc(Cl)cc1Cl)Nc1ccccc1F. The molecule has 1 aliphatic rings. The molecule has 0 spiro atoms. The van der Waals surface area contributed by atoms with Crippen LogP contribution >= 0.6 is 35.4 Å². The minimum Gasteiger partial charge on any atom is -0.352 e. The zero-order chi connectivity index (χ0) is 25.9. The molecule has 2 N–H and O–H groups in total. The highest BCUT2D eigenvalue weighted by Crippen LogP contribution is 2.40. The molecule has 0 saturated carbocycles. The number of pyridine rings is 1. The summed E-state index contributed by atoms with van der Waals surface area (Å²) in [5.74, 6) is -0.802. The van der Waals surface area contributed by atoms with Crippen LogP contribution in [0, 0.1) is 5.82 Å². The number of rotatable bonds is 7. The molecule has 2 aromatic carbocycles. The Morgan fingerprint density at radius 1 is 1.08 bits per heavy atom. The summed E-state index contributed by atoms with van der Waals surface area (Å²) < 4.78 is 16.0. The number of amides is 1. The third-order valence-electron chi connectivity index (χ3n) is 6.18. The molecule has 0 bridgehead atoms. The lowest BCUT2D eigenvalue weighted by Gasteiger charge is -2.29. The highest BCUT2D eigenvalue weighted by molar-refractivity contribution is 7.80. The smallest absolute Gasteiger partial charge is 0.226 e. The Balaban J connectivity index is 1.46. The van der Waals surface area contributed by atoms with Gasteiger partial charge in [0.1, 0.15) is 5.82 Å². The number of hydrogen-bond donors (Lipinski definition) is 2. The van der Waals surface area contributed by atoms with Gasteiger partial charge in [-0.3, -0.25) is 9.78 Å². The summed E-state index contributed by atoms with van der Waals surface area (Å²) in [6.45, 7) is 0.305. The van der Waals surface area contributed by atoms with Gasteiger partial charge in [-0.2, -0.15) is 0 Å². The van der Waals surface area contributed by atoms with Gasteiger partial charge in [0, 0.05) is 36.1 Å². The van der Waals surface area contributed by atoms with Crippen LogP contribution in [0.1, 0.15) is 29.9 Å². The Morgan fingerprint density at radius 2 is 1.89 bits per heavy atom. The van der Waals surface area contributed by atoms with E-state index in [1.165, 1.54) is 12.1 Å². The molecule has 2 aromatic heterocycles. The molecular weight excluding hydrogens is 532 g/mol. The molecule has 0 aliphatic carbocycles. The van der Waals surface area contributed by atoms with E-state index < -0.39 is 5.82 Å². The molecule has 1 fully saturated rings. The number of nitrogens with one attached hydrogen (secondary N) is 2. The van der Waals surface area contributed by atoms with E-state index >= 15 is 0 Å². The van der Waals surface area contributed by atoms with Crippen LogP contribution in [0.4, 0.5) is 10.1 Å². The monoisotopic (exact) mass is 553 g/mol. The van der Waals surface area contributed by atoms with Gasteiger partial charge < -0.3 is 20.1 Å². The number of nitrogens with zero attached hydrogens (tertiary/aromatic N) is 3. The molecule has 2 atom stereocenters. The Morgan fingerprint density at radius 3 is 2.65 bits per heavy atom. The first-order valence-electron chi connectivity index (χ1n) is 11.6. The van der Waals surface area contributed by atoms with E-state index in [2.05, 4.69) is 15.6 Å².